The average Bonchev–Trinajstić information content (AvgIpc) is 3.13. The Morgan fingerprint density at radius 1 is 1.19 bits per heavy atom. The molecule has 3 aromatic rings. The predicted molar refractivity (Wildman–Crippen MR) is 103 cm³/mol. The van der Waals surface area contributed by atoms with Crippen LogP contribution in [-0.4, -0.2) is 34.0 Å². The molecule has 1 aromatic heterocycles. The third-order valence-electron chi connectivity index (χ3n) is 5.14. The van der Waals surface area contributed by atoms with Gasteiger partial charge in [0, 0.05) is 19.0 Å². The zero-order valence-electron chi connectivity index (χ0n) is 15.0. The van der Waals surface area contributed by atoms with Crippen LogP contribution in [0.2, 0.25) is 0 Å². The molecule has 0 bridgehead atoms. The van der Waals surface area contributed by atoms with Crippen molar-refractivity contribution in [1.82, 2.24) is 20.2 Å². The van der Waals surface area contributed by atoms with E-state index in [1.54, 1.807) is 0 Å². The fourth-order valence-corrected chi connectivity index (χ4v) is 3.65. The Balaban J connectivity index is 1.43. The van der Waals surface area contributed by atoms with E-state index < -0.39 is 0 Å². The Labute approximate surface area is 153 Å². The van der Waals surface area contributed by atoms with Gasteiger partial charge in [-0.25, -0.2) is 9.78 Å². The molecule has 0 aliphatic carbocycles. The van der Waals surface area contributed by atoms with Gasteiger partial charge < -0.3 is 15.2 Å². The molecule has 2 atom stereocenters. The molecule has 134 valence electrons. The number of amides is 2. The zero-order valence-corrected chi connectivity index (χ0v) is 15.0. The minimum atomic E-state index is -0.00437. The fraction of sp³-hybridized carbons (Fsp3) is 0.333. The van der Waals surface area contributed by atoms with E-state index in [0.717, 1.165) is 41.8 Å². The normalized spacial score (nSPS) is 18.7. The second kappa shape index (κ2) is 7.20. The van der Waals surface area contributed by atoms with Crippen LogP contribution in [0.3, 0.4) is 0 Å². The number of benzene rings is 2. The van der Waals surface area contributed by atoms with E-state index in [1.165, 1.54) is 0 Å². The quantitative estimate of drug-likeness (QED) is 0.745. The number of nitrogens with zero attached hydrogens (tertiary/aromatic N) is 2. The molecule has 1 saturated heterocycles. The molecular weight excluding hydrogens is 324 g/mol. The van der Waals surface area contributed by atoms with Gasteiger partial charge in [-0.05, 0) is 37.5 Å². The number of likely N-dealkylation sites (tertiary alicyclic amines) is 1. The topological polar surface area (TPSA) is 61.0 Å². The van der Waals surface area contributed by atoms with Crippen molar-refractivity contribution in [3.8, 4) is 0 Å². The van der Waals surface area contributed by atoms with E-state index in [4.69, 9.17) is 4.98 Å². The van der Waals surface area contributed by atoms with Gasteiger partial charge in [0.15, 0.2) is 0 Å². The smallest absolute Gasteiger partial charge is 0.317 e. The van der Waals surface area contributed by atoms with Gasteiger partial charge in [-0.3, -0.25) is 0 Å². The van der Waals surface area contributed by atoms with Gasteiger partial charge in [0.1, 0.15) is 5.82 Å². The number of urea groups is 1. The van der Waals surface area contributed by atoms with Gasteiger partial charge in [0.2, 0.25) is 0 Å². The van der Waals surface area contributed by atoms with Crippen molar-refractivity contribution < 1.29 is 4.79 Å². The summed E-state index contributed by atoms with van der Waals surface area (Å²) in [6.07, 6.45) is 2.05. The van der Waals surface area contributed by atoms with Crippen LogP contribution in [0.1, 0.15) is 43.1 Å². The lowest BCUT2D eigenvalue weighted by Crippen LogP contribution is -2.45. The first-order valence-electron chi connectivity index (χ1n) is 9.26. The molecule has 1 fully saturated rings. The Bertz CT molecular complexity index is 856. The maximum absolute atomic E-state index is 12.7. The van der Waals surface area contributed by atoms with Crippen molar-refractivity contribution in [3.05, 3.63) is 66.0 Å². The van der Waals surface area contributed by atoms with Crippen molar-refractivity contribution in [2.75, 3.05) is 13.1 Å². The van der Waals surface area contributed by atoms with Crippen LogP contribution >= 0.6 is 0 Å². The van der Waals surface area contributed by atoms with E-state index in [1.807, 2.05) is 66.4 Å². The molecule has 0 radical (unpaired) electrons. The van der Waals surface area contributed by atoms with Crippen molar-refractivity contribution >= 4 is 17.1 Å². The second-order valence-electron chi connectivity index (χ2n) is 7.01. The van der Waals surface area contributed by atoms with Crippen molar-refractivity contribution in [3.63, 3.8) is 0 Å². The van der Waals surface area contributed by atoms with Crippen LogP contribution in [0.15, 0.2) is 54.6 Å². The monoisotopic (exact) mass is 348 g/mol. The van der Waals surface area contributed by atoms with Crippen LogP contribution < -0.4 is 5.32 Å². The molecule has 2 N–H and O–H groups in total. The Morgan fingerprint density at radius 3 is 2.77 bits per heavy atom. The molecule has 1 aliphatic heterocycles. The molecule has 4 rings (SSSR count). The van der Waals surface area contributed by atoms with Crippen LogP contribution in [-0.2, 0) is 0 Å². The summed E-state index contributed by atoms with van der Waals surface area (Å²) < 4.78 is 0. The van der Waals surface area contributed by atoms with Crippen molar-refractivity contribution in [2.45, 2.75) is 31.7 Å². The molecule has 2 unspecified atom stereocenters. The van der Waals surface area contributed by atoms with Crippen LogP contribution in [0, 0.1) is 0 Å². The largest absolute Gasteiger partial charge is 0.342 e. The average molecular weight is 348 g/mol. The highest BCUT2D eigenvalue weighted by molar-refractivity contribution is 5.76. The Kier molecular flexibility index (Phi) is 4.61. The van der Waals surface area contributed by atoms with Gasteiger partial charge in [0.25, 0.3) is 0 Å². The van der Waals surface area contributed by atoms with Gasteiger partial charge in [-0.2, -0.15) is 0 Å². The SMILES string of the molecule is CC(NC(=O)N1CCCC(c2nc3ccccc3[nH]2)C1)c1ccccc1. The Hall–Kier alpha value is -2.82. The van der Waals surface area contributed by atoms with E-state index in [0.29, 0.717) is 6.54 Å². The molecule has 0 saturated carbocycles. The molecule has 2 heterocycles. The number of hydrogen-bond donors (Lipinski definition) is 2. The van der Waals surface area contributed by atoms with Gasteiger partial charge in [-0.15, -0.1) is 0 Å². The van der Waals surface area contributed by atoms with Crippen LogP contribution in [0.4, 0.5) is 4.79 Å². The number of H-pyrrole nitrogens is 1. The number of aromatic amines is 1. The summed E-state index contributed by atoms with van der Waals surface area (Å²) in [6.45, 7) is 3.52. The number of nitrogens with one attached hydrogen (secondary N) is 2. The second-order valence-corrected chi connectivity index (χ2v) is 7.01. The van der Waals surface area contributed by atoms with Crippen molar-refractivity contribution in [1.29, 1.82) is 0 Å². The van der Waals surface area contributed by atoms with Crippen LogP contribution in [0.25, 0.3) is 11.0 Å². The summed E-state index contributed by atoms with van der Waals surface area (Å²) in [7, 11) is 0. The minimum absolute atomic E-state index is 0.00200. The molecule has 5 heteroatoms. The van der Waals surface area contributed by atoms with Crippen LogP contribution in [0.5, 0.6) is 0 Å². The standard InChI is InChI=1S/C21H24N4O/c1-15(16-8-3-2-4-9-16)22-21(26)25-13-7-10-17(14-25)20-23-18-11-5-6-12-19(18)24-20/h2-6,8-9,11-12,15,17H,7,10,13-14H2,1H3,(H,22,26)(H,23,24). The molecule has 2 amide bonds. The molecule has 5 nitrogen and oxygen atoms in total. The molecule has 1 aliphatic rings. The minimum Gasteiger partial charge on any atom is -0.342 e. The van der Waals surface area contributed by atoms with E-state index >= 15 is 0 Å². The number of piperidine rings is 1. The fourth-order valence-electron chi connectivity index (χ4n) is 3.65. The predicted octanol–water partition coefficient (Wildman–Crippen LogP) is 4.21. The molecule has 2 aromatic carbocycles. The van der Waals surface area contributed by atoms with Gasteiger partial charge in [-0.1, -0.05) is 42.5 Å². The summed E-state index contributed by atoms with van der Waals surface area (Å²) >= 11 is 0. The molecular formula is C21H24N4O. The highest BCUT2D eigenvalue weighted by Gasteiger charge is 2.27. The summed E-state index contributed by atoms with van der Waals surface area (Å²) in [5.41, 5.74) is 3.16. The number of hydrogen-bond acceptors (Lipinski definition) is 2. The highest BCUT2D eigenvalue weighted by atomic mass is 16.2. The number of imidazole rings is 1. The van der Waals surface area contributed by atoms with E-state index in [9.17, 15) is 4.79 Å². The van der Waals surface area contributed by atoms with Gasteiger partial charge >= 0.3 is 6.03 Å². The number of carbonyl (C=O) groups is 1. The lowest BCUT2D eigenvalue weighted by atomic mass is 9.97. The van der Waals surface area contributed by atoms with Crippen molar-refractivity contribution in [2.24, 2.45) is 0 Å². The maximum Gasteiger partial charge on any atom is 0.317 e. The third kappa shape index (κ3) is 3.43. The summed E-state index contributed by atoms with van der Waals surface area (Å²) in [5.74, 6) is 1.24. The number of aromatic nitrogens is 2. The first-order valence-corrected chi connectivity index (χ1v) is 9.26. The first-order chi connectivity index (χ1) is 12.7. The number of fused-ring (bicyclic) bond motifs is 1. The van der Waals surface area contributed by atoms with E-state index in [-0.39, 0.29) is 18.0 Å². The zero-order chi connectivity index (χ0) is 17.9. The Morgan fingerprint density at radius 2 is 1.96 bits per heavy atom. The molecule has 26 heavy (non-hydrogen) atoms. The summed E-state index contributed by atoms with van der Waals surface area (Å²) in [6, 6.07) is 18.1. The number of para-hydroxylation sites is 2. The van der Waals surface area contributed by atoms with E-state index in [2.05, 4.69) is 10.3 Å². The summed E-state index contributed by atoms with van der Waals surface area (Å²) in [4.78, 5) is 22.8. The lowest BCUT2D eigenvalue weighted by molar-refractivity contribution is 0.175. The maximum atomic E-state index is 12.7. The van der Waals surface area contributed by atoms with Gasteiger partial charge in [0.05, 0.1) is 17.1 Å². The highest BCUT2D eigenvalue weighted by Crippen LogP contribution is 2.27. The number of rotatable bonds is 3. The lowest BCUT2D eigenvalue weighted by Gasteiger charge is -2.32. The third-order valence-corrected chi connectivity index (χ3v) is 5.14. The number of carbonyl (C=O) groups excluding carboxylic acids is 1. The summed E-state index contributed by atoms with van der Waals surface area (Å²) in [5, 5.41) is 3.12. The first kappa shape index (κ1) is 16.6. The molecule has 0 spiro atoms.